The monoisotopic (exact) mass is 558 g/mol. The molecule has 0 aliphatic carbocycles. The SMILES string of the molecule is CCCCCn1nc(-c2ccccc2)n(CC(=O)NNC(=O)Nc2cc(C(F)(F)F)cc(C(F)(F)F)c2)c1=O. The molecule has 0 aliphatic rings. The third kappa shape index (κ3) is 7.85. The predicted octanol–water partition coefficient (Wildman–Crippen LogP) is 4.79. The second kappa shape index (κ2) is 12.0. The Morgan fingerprint density at radius 1 is 0.897 bits per heavy atom. The lowest BCUT2D eigenvalue weighted by Gasteiger charge is -2.15. The van der Waals surface area contributed by atoms with E-state index in [4.69, 9.17) is 0 Å². The third-order valence-corrected chi connectivity index (χ3v) is 5.39. The van der Waals surface area contributed by atoms with Crippen molar-refractivity contribution in [1.29, 1.82) is 0 Å². The minimum absolute atomic E-state index is 0.0880. The van der Waals surface area contributed by atoms with Gasteiger partial charge in [0.05, 0.1) is 11.1 Å². The van der Waals surface area contributed by atoms with Gasteiger partial charge in [0.1, 0.15) is 6.54 Å². The summed E-state index contributed by atoms with van der Waals surface area (Å²) in [6, 6.07) is 7.77. The van der Waals surface area contributed by atoms with Crippen molar-refractivity contribution >= 4 is 17.6 Å². The minimum atomic E-state index is -5.10. The van der Waals surface area contributed by atoms with Crippen LogP contribution in [0, 0.1) is 0 Å². The molecule has 0 unspecified atom stereocenters. The average molecular weight is 558 g/mol. The third-order valence-electron chi connectivity index (χ3n) is 5.39. The molecule has 1 heterocycles. The van der Waals surface area contributed by atoms with Crippen molar-refractivity contribution in [3.8, 4) is 11.4 Å². The zero-order valence-electron chi connectivity index (χ0n) is 20.5. The first-order valence-electron chi connectivity index (χ1n) is 11.7. The molecule has 0 atom stereocenters. The molecular weight excluding hydrogens is 534 g/mol. The van der Waals surface area contributed by atoms with Crippen LogP contribution in [0.5, 0.6) is 0 Å². The fraction of sp³-hybridized carbons (Fsp3) is 0.333. The van der Waals surface area contributed by atoms with Gasteiger partial charge in [0.15, 0.2) is 5.82 Å². The molecule has 0 saturated heterocycles. The topological polar surface area (TPSA) is 110 Å². The molecule has 3 amide bonds. The first-order valence-corrected chi connectivity index (χ1v) is 11.7. The van der Waals surface area contributed by atoms with Gasteiger partial charge in [-0.3, -0.25) is 14.8 Å². The van der Waals surface area contributed by atoms with Gasteiger partial charge in [0.25, 0.3) is 5.91 Å². The van der Waals surface area contributed by atoms with Gasteiger partial charge >= 0.3 is 24.1 Å². The molecule has 210 valence electrons. The highest BCUT2D eigenvalue weighted by atomic mass is 19.4. The fourth-order valence-corrected chi connectivity index (χ4v) is 3.54. The Balaban J connectivity index is 1.72. The van der Waals surface area contributed by atoms with Crippen molar-refractivity contribution in [2.45, 2.75) is 51.6 Å². The number of hydrogen-bond acceptors (Lipinski definition) is 4. The molecule has 3 N–H and O–H groups in total. The van der Waals surface area contributed by atoms with Crippen LogP contribution in [0.3, 0.4) is 0 Å². The van der Waals surface area contributed by atoms with Crippen molar-refractivity contribution in [2.24, 2.45) is 0 Å². The van der Waals surface area contributed by atoms with Gasteiger partial charge in [-0.1, -0.05) is 50.1 Å². The molecule has 3 aromatic rings. The van der Waals surface area contributed by atoms with Crippen LogP contribution in [0.2, 0.25) is 0 Å². The number of urea groups is 1. The number of hydrazine groups is 1. The number of alkyl halides is 6. The smallest absolute Gasteiger partial charge is 0.307 e. The van der Waals surface area contributed by atoms with Gasteiger partial charge in [0, 0.05) is 17.8 Å². The number of anilines is 1. The van der Waals surface area contributed by atoms with Gasteiger partial charge in [-0.2, -0.15) is 26.3 Å². The summed E-state index contributed by atoms with van der Waals surface area (Å²) in [5.41, 5.74) is -0.276. The minimum Gasteiger partial charge on any atom is -0.307 e. The Kier molecular flexibility index (Phi) is 9.04. The molecule has 0 fully saturated rings. The summed E-state index contributed by atoms with van der Waals surface area (Å²) in [5, 5.41) is 6.13. The highest BCUT2D eigenvalue weighted by molar-refractivity contribution is 5.91. The summed E-state index contributed by atoms with van der Waals surface area (Å²) >= 11 is 0. The second-order valence-corrected chi connectivity index (χ2v) is 8.41. The van der Waals surface area contributed by atoms with Gasteiger partial charge in [-0.05, 0) is 24.6 Å². The van der Waals surface area contributed by atoms with Crippen molar-refractivity contribution < 1.29 is 35.9 Å². The number of amides is 3. The lowest BCUT2D eigenvalue weighted by atomic mass is 10.1. The number of nitrogens with zero attached hydrogens (tertiary/aromatic N) is 3. The molecule has 1 aromatic heterocycles. The zero-order chi connectivity index (χ0) is 28.8. The molecule has 9 nitrogen and oxygen atoms in total. The average Bonchev–Trinajstić information content (AvgIpc) is 3.17. The van der Waals surface area contributed by atoms with E-state index in [9.17, 15) is 40.7 Å². The quantitative estimate of drug-likeness (QED) is 0.210. The van der Waals surface area contributed by atoms with Crippen molar-refractivity contribution in [2.75, 3.05) is 5.32 Å². The summed E-state index contributed by atoms with van der Waals surface area (Å²) < 4.78 is 80.4. The van der Waals surface area contributed by atoms with Crippen LogP contribution in [-0.2, 0) is 30.2 Å². The number of aryl methyl sites for hydroxylation is 1. The number of unbranched alkanes of at least 4 members (excludes halogenated alkanes) is 2. The van der Waals surface area contributed by atoms with E-state index >= 15 is 0 Å². The van der Waals surface area contributed by atoms with Crippen LogP contribution in [0.1, 0.15) is 37.3 Å². The lowest BCUT2D eigenvalue weighted by molar-refractivity contribution is -0.143. The first-order chi connectivity index (χ1) is 18.3. The van der Waals surface area contributed by atoms with Gasteiger partial charge in [-0.25, -0.2) is 19.7 Å². The van der Waals surface area contributed by atoms with E-state index in [0.29, 0.717) is 30.7 Å². The molecule has 15 heteroatoms. The zero-order valence-corrected chi connectivity index (χ0v) is 20.5. The molecule has 3 rings (SSSR count). The van der Waals surface area contributed by atoms with E-state index in [1.807, 2.05) is 23.1 Å². The lowest BCUT2D eigenvalue weighted by Crippen LogP contribution is -2.46. The van der Waals surface area contributed by atoms with Crippen molar-refractivity contribution in [3.05, 3.63) is 70.1 Å². The highest BCUT2D eigenvalue weighted by Crippen LogP contribution is 2.37. The number of halogens is 6. The number of carbonyl (C=O) groups is 2. The van der Waals surface area contributed by atoms with Crippen molar-refractivity contribution in [1.82, 2.24) is 25.2 Å². The summed E-state index contributed by atoms with van der Waals surface area (Å²) in [7, 11) is 0. The van der Waals surface area contributed by atoms with Crippen LogP contribution in [-0.4, -0.2) is 26.3 Å². The molecule has 2 aromatic carbocycles. The number of aromatic nitrogens is 3. The van der Waals surface area contributed by atoms with Crippen LogP contribution in [0.25, 0.3) is 11.4 Å². The Hall–Kier alpha value is -4.30. The van der Waals surface area contributed by atoms with E-state index in [-0.39, 0.29) is 11.9 Å². The molecule has 0 spiro atoms. The first kappa shape index (κ1) is 29.3. The molecule has 0 saturated carbocycles. The fourth-order valence-electron chi connectivity index (χ4n) is 3.54. The normalized spacial score (nSPS) is 11.8. The second-order valence-electron chi connectivity index (χ2n) is 8.41. The summed E-state index contributed by atoms with van der Waals surface area (Å²) in [6.45, 7) is 1.73. The summed E-state index contributed by atoms with van der Waals surface area (Å²) in [6.07, 6.45) is -7.76. The van der Waals surface area contributed by atoms with E-state index in [1.165, 1.54) is 4.68 Å². The molecule has 0 aliphatic heterocycles. The maximum Gasteiger partial charge on any atom is 0.416 e. The Bertz CT molecular complexity index is 1330. The number of hydrogen-bond donors (Lipinski definition) is 3. The molecule has 0 radical (unpaired) electrons. The number of nitrogens with one attached hydrogen (secondary N) is 3. The van der Waals surface area contributed by atoms with E-state index in [2.05, 4.69) is 5.10 Å². The predicted molar refractivity (Wildman–Crippen MR) is 128 cm³/mol. The Morgan fingerprint density at radius 2 is 1.51 bits per heavy atom. The maximum atomic E-state index is 13.0. The number of benzene rings is 2. The van der Waals surface area contributed by atoms with Gasteiger partial charge < -0.3 is 5.32 Å². The van der Waals surface area contributed by atoms with Crippen LogP contribution in [0.15, 0.2) is 53.3 Å². The maximum absolute atomic E-state index is 13.0. The van der Waals surface area contributed by atoms with Crippen LogP contribution < -0.4 is 21.9 Å². The molecule has 39 heavy (non-hydrogen) atoms. The molecule has 0 bridgehead atoms. The van der Waals surface area contributed by atoms with E-state index < -0.39 is 53.3 Å². The van der Waals surface area contributed by atoms with Crippen LogP contribution in [0.4, 0.5) is 36.8 Å². The summed E-state index contributed by atoms with van der Waals surface area (Å²) in [5.74, 6) is -0.710. The standard InChI is InChI=1S/C24H24F6N6O3/c1-2-3-7-10-36-22(39)35(20(34-36)15-8-5-4-6-9-15)14-19(37)32-33-21(38)31-18-12-16(23(25,26)27)11-17(13-18)24(28,29)30/h4-6,8-9,11-13H,2-3,7,10,14H2,1H3,(H,32,37)(H2,31,33,38). The van der Waals surface area contributed by atoms with Gasteiger partial charge in [-0.15, -0.1) is 5.10 Å². The van der Waals surface area contributed by atoms with Gasteiger partial charge in [0.2, 0.25) is 0 Å². The number of carbonyl (C=O) groups excluding carboxylic acids is 2. The molecular formula is C24H24F6N6O3. The number of rotatable bonds is 8. The van der Waals surface area contributed by atoms with E-state index in [1.54, 1.807) is 30.3 Å². The Labute approximate surface area is 217 Å². The van der Waals surface area contributed by atoms with Crippen LogP contribution >= 0.6 is 0 Å². The Morgan fingerprint density at radius 3 is 2.08 bits per heavy atom. The van der Waals surface area contributed by atoms with E-state index in [0.717, 1.165) is 17.4 Å². The summed E-state index contributed by atoms with van der Waals surface area (Å²) in [4.78, 5) is 37.5. The highest BCUT2D eigenvalue weighted by Gasteiger charge is 2.37. The largest absolute Gasteiger partial charge is 0.416 e. The van der Waals surface area contributed by atoms with Crippen molar-refractivity contribution in [3.63, 3.8) is 0 Å².